The molecule has 76 valence electrons. The summed E-state index contributed by atoms with van der Waals surface area (Å²) in [5, 5.41) is 0. The Morgan fingerprint density at radius 2 is 2.00 bits per heavy atom. The van der Waals surface area contributed by atoms with Crippen LogP contribution in [0.2, 0.25) is 0 Å². The Balaban J connectivity index is 3.58. The molecule has 0 fully saturated rings. The summed E-state index contributed by atoms with van der Waals surface area (Å²) >= 11 is 0. The van der Waals surface area contributed by atoms with Gasteiger partial charge in [-0.3, -0.25) is 4.79 Å². The molecule has 0 amide bonds. The summed E-state index contributed by atoms with van der Waals surface area (Å²) in [6, 6.07) is 0. The van der Waals surface area contributed by atoms with Crippen LogP contribution in [0.1, 0.15) is 33.6 Å². The number of carbonyl (C=O) groups is 1. The third-order valence-corrected chi connectivity index (χ3v) is 1.24. The zero-order valence-corrected chi connectivity index (χ0v) is 8.67. The van der Waals surface area contributed by atoms with Crippen molar-refractivity contribution in [2.75, 3.05) is 6.54 Å². The molecule has 3 heteroatoms. The molecular formula is C10H19NO2. The number of esters is 1. The van der Waals surface area contributed by atoms with E-state index in [1.807, 2.05) is 32.9 Å². The van der Waals surface area contributed by atoms with Gasteiger partial charge in [0, 0.05) is 13.0 Å². The molecule has 0 aliphatic heterocycles. The van der Waals surface area contributed by atoms with Gasteiger partial charge in [0.2, 0.25) is 0 Å². The first-order valence-electron chi connectivity index (χ1n) is 4.52. The third kappa shape index (κ3) is 9.08. The van der Waals surface area contributed by atoms with Crippen molar-refractivity contribution in [3.8, 4) is 0 Å². The second-order valence-corrected chi connectivity index (χ2v) is 3.83. The van der Waals surface area contributed by atoms with Crippen LogP contribution in [-0.4, -0.2) is 18.1 Å². The first-order chi connectivity index (χ1) is 5.95. The molecule has 0 unspecified atom stereocenters. The lowest BCUT2D eigenvalue weighted by Crippen LogP contribution is -2.23. The Morgan fingerprint density at radius 3 is 2.46 bits per heavy atom. The standard InChI is InChI=1S/C10H19NO2/c1-10(2,3)13-9(12)7-5-4-6-8-11/h4,6H,5,7-8,11H2,1-3H3/b6-4+. The second kappa shape index (κ2) is 5.75. The van der Waals surface area contributed by atoms with Crippen LogP contribution >= 0.6 is 0 Å². The number of hydrogen-bond acceptors (Lipinski definition) is 3. The molecule has 2 N–H and O–H groups in total. The maximum absolute atomic E-state index is 11.1. The van der Waals surface area contributed by atoms with E-state index in [2.05, 4.69) is 0 Å². The topological polar surface area (TPSA) is 52.3 Å². The highest BCUT2D eigenvalue weighted by Gasteiger charge is 2.14. The van der Waals surface area contributed by atoms with Gasteiger partial charge in [0.25, 0.3) is 0 Å². The van der Waals surface area contributed by atoms with E-state index in [0.29, 0.717) is 19.4 Å². The molecule has 0 aromatic heterocycles. The highest BCUT2D eigenvalue weighted by atomic mass is 16.6. The average Bonchev–Trinajstić information content (AvgIpc) is 1.94. The predicted octanol–water partition coefficient (Wildman–Crippen LogP) is 1.62. The van der Waals surface area contributed by atoms with Crippen LogP contribution in [0.4, 0.5) is 0 Å². The van der Waals surface area contributed by atoms with E-state index in [1.165, 1.54) is 0 Å². The van der Waals surface area contributed by atoms with E-state index in [-0.39, 0.29) is 11.6 Å². The van der Waals surface area contributed by atoms with Crippen LogP contribution in [0.15, 0.2) is 12.2 Å². The maximum atomic E-state index is 11.1. The van der Waals surface area contributed by atoms with Crippen molar-refractivity contribution < 1.29 is 9.53 Å². The molecule has 0 atom stereocenters. The van der Waals surface area contributed by atoms with Crippen molar-refractivity contribution in [1.29, 1.82) is 0 Å². The Kier molecular flexibility index (Phi) is 5.39. The number of carbonyl (C=O) groups excluding carboxylic acids is 1. The molecule has 13 heavy (non-hydrogen) atoms. The second-order valence-electron chi connectivity index (χ2n) is 3.83. The molecule has 0 aliphatic rings. The Bertz CT molecular complexity index is 180. The van der Waals surface area contributed by atoms with Gasteiger partial charge in [-0.15, -0.1) is 0 Å². The van der Waals surface area contributed by atoms with E-state index in [4.69, 9.17) is 10.5 Å². The minimum absolute atomic E-state index is 0.158. The van der Waals surface area contributed by atoms with E-state index < -0.39 is 0 Å². The lowest BCUT2D eigenvalue weighted by Gasteiger charge is -2.19. The summed E-state index contributed by atoms with van der Waals surface area (Å²) < 4.78 is 5.11. The number of hydrogen-bond donors (Lipinski definition) is 1. The summed E-state index contributed by atoms with van der Waals surface area (Å²) in [5.41, 5.74) is 4.86. The lowest BCUT2D eigenvalue weighted by atomic mass is 10.2. The van der Waals surface area contributed by atoms with Crippen LogP contribution in [-0.2, 0) is 9.53 Å². The molecule has 0 saturated heterocycles. The van der Waals surface area contributed by atoms with Crippen molar-refractivity contribution in [2.45, 2.75) is 39.2 Å². The fourth-order valence-corrected chi connectivity index (χ4v) is 0.808. The summed E-state index contributed by atoms with van der Waals surface area (Å²) in [6.45, 7) is 6.11. The van der Waals surface area contributed by atoms with E-state index in [9.17, 15) is 4.79 Å². The van der Waals surface area contributed by atoms with Crippen LogP contribution in [0.3, 0.4) is 0 Å². The molecule has 0 heterocycles. The van der Waals surface area contributed by atoms with Gasteiger partial charge in [0.1, 0.15) is 5.60 Å². The fraction of sp³-hybridized carbons (Fsp3) is 0.700. The maximum Gasteiger partial charge on any atom is 0.306 e. The van der Waals surface area contributed by atoms with Crippen molar-refractivity contribution in [2.24, 2.45) is 5.73 Å². The molecule has 0 radical (unpaired) electrons. The number of rotatable bonds is 4. The van der Waals surface area contributed by atoms with Gasteiger partial charge in [0.15, 0.2) is 0 Å². The molecule has 0 rings (SSSR count). The van der Waals surface area contributed by atoms with Crippen molar-refractivity contribution in [1.82, 2.24) is 0 Å². The normalized spacial score (nSPS) is 12.0. The summed E-state index contributed by atoms with van der Waals surface area (Å²) in [6.07, 6.45) is 4.86. The molecule has 0 aromatic carbocycles. The van der Waals surface area contributed by atoms with Gasteiger partial charge in [-0.25, -0.2) is 0 Å². The number of allylic oxidation sites excluding steroid dienone is 1. The van der Waals surface area contributed by atoms with Gasteiger partial charge in [-0.1, -0.05) is 12.2 Å². The van der Waals surface area contributed by atoms with Crippen LogP contribution in [0.5, 0.6) is 0 Å². The van der Waals surface area contributed by atoms with Crippen LogP contribution < -0.4 is 5.73 Å². The third-order valence-electron chi connectivity index (χ3n) is 1.24. The summed E-state index contributed by atoms with van der Waals surface area (Å²) in [5.74, 6) is -0.158. The van der Waals surface area contributed by atoms with Gasteiger partial charge in [0.05, 0.1) is 0 Å². The van der Waals surface area contributed by atoms with Crippen LogP contribution in [0, 0.1) is 0 Å². The van der Waals surface area contributed by atoms with Crippen LogP contribution in [0.25, 0.3) is 0 Å². The fourth-order valence-electron chi connectivity index (χ4n) is 0.808. The highest BCUT2D eigenvalue weighted by Crippen LogP contribution is 2.09. The minimum Gasteiger partial charge on any atom is -0.460 e. The molecule has 0 saturated carbocycles. The smallest absolute Gasteiger partial charge is 0.306 e. The molecule has 0 bridgehead atoms. The molecule has 3 nitrogen and oxygen atoms in total. The zero-order chi connectivity index (χ0) is 10.3. The van der Waals surface area contributed by atoms with Crippen molar-refractivity contribution >= 4 is 5.97 Å². The van der Waals surface area contributed by atoms with E-state index in [1.54, 1.807) is 0 Å². The minimum atomic E-state index is -0.380. The molecule has 0 aromatic rings. The summed E-state index contributed by atoms with van der Waals surface area (Å²) in [7, 11) is 0. The first-order valence-corrected chi connectivity index (χ1v) is 4.52. The predicted molar refractivity (Wildman–Crippen MR) is 53.3 cm³/mol. The van der Waals surface area contributed by atoms with Crippen molar-refractivity contribution in [3.63, 3.8) is 0 Å². The largest absolute Gasteiger partial charge is 0.460 e. The van der Waals surface area contributed by atoms with Gasteiger partial charge in [-0.05, 0) is 27.2 Å². The van der Waals surface area contributed by atoms with Gasteiger partial charge in [-0.2, -0.15) is 0 Å². The van der Waals surface area contributed by atoms with E-state index in [0.717, 1.165) is 0 Å². The van der Waals surface area contributed by atoms with Gasteiger partial charge < -0.3 is 10.5 Å². The quantitative estimate of drug-likeness (QED) is 0.535. The molecule has 0 aliphatic carbocycles. The lowest BCUT2D eigenvalue weighted by molar-refractivity contribution is -0.154. The molecular weight excluding hydrogens is 166 g/mol. The molecule has 0 spiro atoms. The Morgan fingerprint density at radius 1 is 1.38 bits per heavy atom. The SMILES string of the molecule is CC(C)(C)OC(=O)CC/C=C/CN. The van der Waals surface area contributed by atoms with Crippen molar-refractivity contribution in [3.05, 3.63) is 12.2 Å². The summed E-state index contributed by atoms with van der Waals surface area (Å²) in [4.78, 5) is 11.1. The monoisotopic (exact) mass is 185 g/mol. The number of nitrogens with two attached hydrogens (primary N) is 1. The average molecular weight is 185 g/mol. The first kappa shape index (κ1) is 12.2. The highest BCUT2D eigenvalue weighted by molar-refractivity contribution is 5.69. The zero-order valence-electron chi connectivity index (χ0n) is 8.67. The van der Waals surface area contributed by atoms with Gasteiger partial charge >= 0.3 is 5.97 Å². The Hall–Kier alpha value is -0.830. The van der Waals surface area contributed by atoms with E-state index >= 15 is 0 Å². The Labute approximate surface area is 79.9 Å². The number of ether oxygens (including phenoxy) is 1.